The van der Waals surface area contributed by atoms with Crippen LogP contribution in [-0.4, -0.2) is 29.4 Å². The van der Waals surface area contributed by atoms with E-state index in [-0.39, 0.29) is 22.8 Å². The average molecular weight is 667 g/mol. The Morgan fingerprint density at radius 2 is 1.32 bits per heavy atom. The van der Waals surface area contributed by atoms with Gasteiger partial charge in [-0.25, -0.2) is 16.8 Å². The van der Waals surface area contributed by atoms with Crippen LogP contribution in [0.25, 0.3) is 22.3 Å². The molecule has 1 unspecified atom stereocenters. The van der Waals surface area contributed by atoms with Gasteiger partial charge in [0.15, 0.2) is 0 Å². The van der Waals surface area contributed by atoms with Crippen molar-refractivity contribution >= 4 is 37.4 Å². The van der Waals surface area contributed by atoms with Crippen LogP contribution in [0.2, 0.25) is 0 Å². The highest BCUT2D eigenvalue weighted by Gasteiger charge is 2.40. The average Bonchev–Trinajstić information content (AvgIpc) is 3.05. The molecular formula is C37H34N2O6S2. The van der Waals surface area contributed by atoms with Gasteiger partial charge in [-0.1, -0.05) is 83.9 Å². The van der Waals surface area contributed by atoms with Gasteiger partial charge in [0.2, 0.25) is 0 Å². The first kappa shape index (κ1) is 32.0. The predicted octanol–water partition coefficient (Wildman–Crippen LogP) is 7.64. The number of carbonyl (C=O) groups is 1. The number of nitrogens with one attached hydrogen (secondary N) is 1. The summed E-state index contributed by atoms with van der Waals surface area (Å²) in [7, 11) is -8.07. The summed E-state index contributed by atoms with van der Waals surface area (Å²) in [4.78, 5) is 13.3. The summed E-state index contributed by atoms with van der Waals surface area (Å²) in [6.45, 7) is 5.62. The Labute approximate surface area is 275 Å². The maximum absolute atomic E-state index is 14.4. The predicted molar refractivity (Wildman–Crippen MR) is 184 cm³/mol. The van der Waals surface area contributed by atoms with Crippen molar-refractivity contribution in [2.75, 3.05) is 15.6 Å². The zero-order chi connectivity index (χ0) is 33.3. The van der Waals surface area contributed by atoms with Crippen LogP contribution in [0.4, 0.5) is 11.4 Å². The normalized spacial score (nSPS) is 14.2. The number of anilines is 2. The Kier molecular flexibility index (Phi) is 8.65. The monoisotopic (exact) mass is 666 g/mol. The molecule has 5 aromatic carbocycles. The highest BCUT2D eigenvalue weighted by molar-refractivity contribution is 7.93. The van der Waals surface area contributed by atoms with E-state index in [9.17, 15) is 21.6 Å². The van der Waals surface area contributed by atoms with E-state index in [1.165, 1.54) is 4.31 Å². The molecule has 1 aliphatic heterocycles. The first-order valence-electron chi connectivity index (χ1n) is 15.2. The number of sulfonamides is 2. The number of hydrogen-bond donors (Lipinski definition) is 1. The van der Waals surface area contributed by atoms with Gasteiger partial charge in [0.1, 0.15) is 0 Å². The lowest BCUT2D eigenvalue weighted by Gasteiger charge is -2.39. The van der Waals surface area contributed by atoms with Crippen LogP contribution in [0.5, 0.6) is 0 Å². The van der Waals surface area contributed by atoms with Crippen molar-refractivity contribution < 1.29 is 26.4 Å². The van der Waals surface area contributed by atoms with Gasteiger partial charge in [0.25, 0.3) is 20.0 Å². The highest BCUT2D eigenvalue weighted by Crippen LogP contribution is 2.49. The molecule has 1 heterocycles. The Morgan fingerprint density at radius 3 is 1.98 bits per heavy atom. The summed E-state index contributed by atoms with van der Waals surface area (Å²) in [6.07, 6.45) is -0.231. The number of fused-ring (bicyclic) bond motifs is 3. The first-order chi connectivity index (χ1) is 22.5. The fourth-order valence-corrected chi connectivity index (χ4v) is 8.60. The molecule has 0 radical (unpaired) electrons. The molecule has 0 fully saturated rings. The van der Waals surface area contributed by atoms with E-state index in [0.717, 1.165) is 16.7 Å². The van der Waals surface area contributed by atoms with Gasteiger partial charge in [-0.2, -0.15) is 0 Å². The minimum absolute atomic E-state index is 0.0993. The number of aryl methyl sites for hydroxylation is 2. The lowest BCUT2D eigenvalue weighted by molar-refractivity contribution is -0.143. The quantitative estimate of drug-likeness (QED) is 0.162. The molecule has 5 aromatic rings. The van der Waals surface area contributed by atoms with E-state index >= 15 is 0 Å². The maximum atomic E-state index is 14.4. The lowest BCUT2D eigenvalue weighted by atomic mass is 9.86. The second-order valence-corrected chi connectivity index (χ2v) is 14.9. The zero-order valence-electron chi connectivity index (χ0n) is 26.2. The third-order valence-corrected chi connectivity index (χ3v) is 11.4. The molecule has 0 saturated heterocycles. The Morgan fingerprint density at radius 1 is 0.723 bits per heavy atom. The number of benzene rings is 5. The number of hydrogen-bond acceptors (Lipinski definition) is 6. The van der Waals surface area contributed by atoms with Crippen LogP contribution in [0.15, 0.2) is 125 Å². The van der Waals surface area contributed by atoms with E-state index in [1.807, 2.05) is 44.2 Å². The van der Waals surface area contributed by atoms with E-state index in [4.69, 9.17) is 4.74 Å². The number of rotatable bonds is 9. The van der Waals surface area contributed by atoms with Crippen molar-refractivity contribution in [1.82, 2.24) is 0 Å². The maximum Gasteiger partial charge on any atom is 0.308 e. The molecular weight excluding hydrogens is 633 g/mol. The minimum atomic E-state index is -4.15. The van der Waals surface area contributed by atoms with Crippen LogP contribution < -0.4 is 9.03 Å². The van der Waals surface area contributed by atoms with Crippen molar-refractivity contribution in [2.45, 2.75) is 43.0 Å². The van der Waals surface area contributed by atoms with Crippen molar-refractivity contribution in [3.8, 4) is 22.3 Å². The summed E-state index contributed by atoms with van der Waals surface area (Å²) in [5.74, 6) is -0.538. The fourth-order valence-electron chi connectivity index (χ4n) is 5.88. The van der Waals surface area contributed by atoms with Gasteiger partial charge < -0.3 is 4.74 Å². The highest BCUT2D eigenvalue weighted by atomic mass is 32.2. The molecule has 0 bridgehead atoms. The Hall–Kier alpha value is -4.93. The second-order valence-electron chi connectivity index (χ2n) is 11.4. The summed E-state index contributed by atoms with van der Waals surface area (Å²) >= 11 is 0. The summed E-state index contributed by atoms with van der Waals surface area (Å²) in [5, 5.41) is 0. The van der Waals surface area contributed by atoms with E-state index < -0.39 is 32.1 Å². The standard InChI is InChI=1S/C37H34N2O6S2/c1-4-45-37(40)24-36-33-23-27(30-9-5-7-11-34(30)38-46(41,42)28-18-13-25(2)14-19-28)17-22-31(33)32-10-6-8-12-35(32)39(36)47(43,44)29-20-15-26(3)16-21-29/h5-23,36,38H,4,24H2,1-3H3. The molecule has 1 aliphatic rings. The van der Waals surface area contributed by atoms with Crippen LogP contribution >= 0.6 is 0 Å². The topological polar surface area (TPSA) is 110 Å². The molecule has 1 atom stereocenters. The van der Waals surface area contributed by atoms with E-state index in [0.29, 0.717) is 33.6 Å². The molecule has 1 N–H and O–H groups in total. The SMILES string of the molecule is CCOC(=O)CC1c2cc(-c3ccccc3NS(=O)(=O)c3ccc(C)cc3)ccc2-c2ccccc2N1S(=O)(=O)c1ccc(C)cc1. The number of nitrogens with zero attached hydrogens (tertiary/aromatic N) is 1. The molecule has 0 aromatic heterocycles. The Bertz CT molecular complexity index is 2180. The van der Waals surface area contributed by atoms with Gasteiger partial charge >= 0.3 is 5.97 Å². The molecule has 0 aliphatic carbocycles. The second kappa shape index (κ2) is 12.7. The van der Waals surface area contributed by atoms with Crippen LogP contribution in [0.3, 0.4) is 0 Å². The number of carbonyl (C=O) groups excluding carboxylic acids is 1. The fraction of sp³-hybridized carbons (Fsp3) is 0.162. The van der Waals surface area contributed by atoms with Crippen LogP contribution in [0.1, 0.15) is 36.1 Å². The number of ether oxygens (including phenoxy) is 1. The van der Waals surface area contributed by atoms with Crippen LogP contribution in [-0.2, 0) is 29.6 Å². The van der Waals surface area contributed by atoms with E-state index in [2.05, 4.69) is 4.72 Å². The molecule has 47 heavy (non-hydrogen) atoms. The molecule has 0 saturated carbocycles. The Balaban J connectivity index is 1.51. The third kappa shape index (κ3) is 6.26. The molecule has 10 heteroatoms. The zero-order valence-corrected chi connectivity index (χ0v) is 27.8. The lowest BCUT2D eigenvalue weighted by Crippen LogP contribution is -2.39. The van der Waals surface area contributed by atoms with Gasteiger partial charge in [-0.15, -0.1) is 0 Å². The molecule has 6 rings (SSSR count). The summed E-state index contributed by atoms with van der Waals surface area (Å²) in [5.41, 5.74) is 5.96. The number of para-hydroxylation sites is 2. The molecule has 0 amide bonds. The van der Waals surface area contributed by atoms with Gasteiger partial charge in [0.05, 0.1) is 40.2 Å². The van der Waals surface area contributed by atoms with Crippen molar-refractivity contribution in [3.05, 3.63) is 132 Å². The molecule has 8 nitrogen and oxygen atoms in total. The van der Waals surface area contributed by atoms with Gasteiger partial charge in [-0.3, -0.25) is 13.8 Å². The number of esters is 1. The largest absolute Gasteiger partial charge is 0.466 e. The first-order valence-corrected chi connectivity index (χ1v) is 18.1. The van der Waals surface area contributed by atoms with Crippen LogP contribution in [0, 0.1) is 13.8 Å². The van der Waals surface area contributed by atoms with Crippen molar-refractivity contribution in [3.63, 3.8) is 0 Å². The summed E-state index contributed by atoms with van der Waals surface area (Å²) in [6, 6.07) is 32.1. The molecule has 240 valence electrons. The molecule has 0 spiro atoms. The van der Waals surface area contributed by atoms with Gasteiger partial charge in [0, 0.05) is 11.1 Å². The van der Waals surface area contributed by atoms with Gasteiger partial charge in [-0.05, 0) is 79.9 Å². The van der Waals surface area contributed by atoms with E-state index in [1.54, 1.807) is 91.9 Å². The third-order valence-electron chi connectivity index (χ3n) is 8.18. The van der Waals surface area contributed by atoms with Crippen molar-refractivity contribution in [1.29, 1.82) is 0 Å². The summed E-state index contributed by atoms with van der Waals surface area (Å²) < 4.78 is 65.0. The van der Waals surface area contributed by atoms with Crippen molar-refractivity contribution in [2.24, 2.45) is 0 Å². The minimum Gasteiger partial charge on any atom is -0.466 e. The smallest absolute Gasteiger partial charge is 0.308 e.